The van der Waals surface area contributed by atoms with Gasteiger partial charge in [-0.05, 0) is 18.6 Å². The molecule has 0 spiro atoms. The van der Waals surface area contributed by atoms with Crippen molar-refractivity contribution in [2.75, 3.05) is 13.2 Å². The molecule has 6 heteroatoms. The molecule has 1 aromatic rings. The molecule has 4 nitrogen and oxygen atoms in total. The number of carbonyl (C=O) groups is 1. The number of carboxylic acids is 1. The summed E-state index contributed by atoms with van der Waals surface area (Å²) in [5.74, 6) is -0.346. The van der Waals surface area contributed by atoms with Gasteiger partial charge in [-0.15, -0.1) is 0 Å². The van der Waals surface area contributed by atoms with Crippen LogP contribution in [-0.2, 0) is 4.79 Å². The summed E-state index contributed by atoms with van der Waals surface area (Å²) in [4.78, 5) is 10.9. The molecule has 0 bridgehead atoms. The van der Waals surface area contributed by atoms with Crippen LogP contribution >= 0.6 is 23.2 Å². The van der Waals surface area contributed by atoms with Gasteiger partial charge in [-0.2, -0.15) is 0 Å². The fraction of sp³-hybridized carbons (Fsp3) is 0.462. The molecule has 0 saturated carbocycles. The zero-order valence-corrected chi connectivity index (χ0v) is 12.2. The fourth-order valence-corrected chi connectivity index (χ4v) is 1.92. The Morgan fingerprint density at radius 2 is 2.21 bits per heavy atom. The van der Waals surface area contributed by atoms with Gasteiger partial charge >= 0.3 is 5.97 Å². The van der Waals surface area contributed by atoms with Gasteiger partial charge in [0.2, 0.25) is 0 Å². The predicted molar refractivity (Wildman–Crippen MR) is 76.3 cm³/mol. The molecule has 19 heavy (non-hydrogen) atoms. The molecule has 106 valence electrons. The molecule has 1 unspecified atom stereocenters. The number of rotatable bonds is 8. The monoisotopic (exact) mass is 305 g/mol. The molecule has 0 aliphatic carbocycles. The van der Waals surface area contributed by atoms with Crippen LogP contribution in [-0.4, -0.2) is 30.3 Å². The van der Waals surface area contributed by atoms with Gasteiger partial charge in [-0.1, -0.05) is 36.5 Å². The Labute approximate surface area is 122 Å². The van der Waals surface area contributed by atoms with Gasteiger partial charge in [-0.3, -0.25) is 4.79 Å². The molecule has 1 rings (SSSR count). The molecular formula is C13H17Cl2NO3. The highest BCUT2D eigenvalue weighted by molar-refractivity contribution is 6.34. The Kier molecular flexibility index (Phi) is 6.99. The summed E-state index contributed by atoms with van der Waals surface area (Å²) >= 11 is 11.8. The van der Waals surface area contributed by atoms with Crippen molar-refractivity contribution < 1.29 is 14.6 Å². The van der Waals surface area contributed by atoms with Crippen molar-refractivity contribution in [1.82, 2.24) is 5.32 Å². The van der Waals surface area contributed by atoms with E-state index in [-0.39, 0.29) is 0 Å². The normalized spacial score (nSPS) is 12.2. The smallest absolute Gasteiger partial charge is 0.320 e. The summed E-state index contributed by atoms with van der Waals surface area (Å²) in [5.41, 5.74) is 0. The van der Waals surface area contributed by atoms with Crippen molar-refractivity contribution in [3.63, 3.8) is 0 Å². The average molecular weight is 306 g/mol. The minimum Gasteiger partial charge on any atom is -0.491 e. The van der Waals surface area contributed by atoms with Gasteiger partial charge in [0.05, 0.1) is 5.02 Å². The first kappa shape index (κ1) is 16.1. The molecule has 0 amide bonds. The number of benzene rings is 1. The summed E-state index contributed by atoms with van der Waals surface area (Å²) in [7, 11) is 0. The van der Waals surface area contributed by atoms with Crippen LogP contribution < -0.4 is 10.1 Å². The Hall–Kier alpha value is -0.970. The van der Waals surface area contributed by atoms with E-state index in [9.17, 15) is 4.79 Å². The lowest BCUT2D eigenvalue weighted by molar-refractivity contribution is -0.139. The minimum atomic E-state index is -0.845. The summed E-state index contributed by atoms with van der Waals surface area (Å²) in [6, 6.07) is 4.42. The summed E-state index contributed by atoms with van der Waals surface area (Å²) in [5, 5.41) is 12.9. The van der Waals surface area contributed by atoms with Crippen molar-refractivity contribution in [3.8, 4) is 5.75 Å². The maximum absolute atomic E-state index is 10.9. The lowest BCUT2D eigenvalue weighted by Crippen LogP contribution is -2.38. The lowest BCUT2D eigenvalue weighted by Gasteiger charge is -2.14. The van der Waals surface area contributed by atoms with Crippen LogP contribution in [0.3, 0.4) is 0 Å². The lowest BCUT2D eigenvalue weighted by atomic mass is 10.2. The number of ether oxygens (including phenoxy) is 1. The van der Waals surface area contributed by atoms with Crippen LogP contribution in [0.2, 0.25) is 10.0 Å². The predicted octanol–water partition coefficient (Wildman–Crippen LogP) is 3.22. The van der Waals surface area contributed by atoms with Gasteiger partial charge in [0, 0.05) is 17.6 Å². The Bertz CT molecular complexity index is 426. The minimum absolute atomic E-state index is 0.327. The summed E-state index contributed by atoms with van der Waals surface area (Å²) in [6.07, 6.45) is 1.40. The van der Waals surface area contributed by atoms with Gasteiger partial charge in [0.1, 0.15) is 18.4 Å². The van der Waals surface area contributed by atoms with Crippen LogP contribution in [0, 0.1) is 0 Å². The van der Waals surface area contributed by atoms with Gasteiger partial charge in [0.15, 0.2) is 0 Å². The van der Waals surface area contributed by atoms with E-state index in [2.05, 4.69) is 5.32 Å². The van der Waals surface area contributed by atoms with E-state index in [0.717, 1.165) is 6.42 Å². The number of nitrogens with one attached hydrogen (secondary N) is 1. The standard InChI is InChI=1S/C13H17Cl2NO3/c1-2-3-11(13(17)18)16-6-7-19-12-8-9(14)4-5-10(12)15/h4-5,8,11,16H,2-3,6-7H2,1H3,(H,17,18). The topological polar surface area (TPSA) is 58.6 Å². The third-order valence-corrected chi connectivity index (χ3v) is 3.07. The Balaban J connectivity index is 2.37. The fourth-order valence-electron chi connectivity index (χ4n) is 1.58. The highest BCUT2D eigenvalue weighted by Crippen LogP contribution is 2.27. The highest BCUT2D eigenvalue weighted by atomic mass is 35.5. The molecule has 0 aliphatic heterocycles. The number of aliphatic carboxylic acids is 1. The van der Waals surface area contributed by atoms with Gasteiger partial charge in [-0.25, -0.2) is 0 Å². The van der Waals surface area contributed by atoms with Gasteiger partial charge < -0.3 is 15.2 Å². The maximum atomic E-state index is 10.9. The van der Waals surface area contributed by atoms with Crippen molar-refractivity contribution in [1.29, 1.82) is 0 Å². The van der Waals surface area contributed by atoms with Crippen LogP contribution in [0.15, 0.2) is 18.2 Å². The maximum Gasteiger partial charge on any atom is 0.320 e. The molecule has 2 N–H and O–H groups in total. The van der Waals surface area contributed by atoms with Crippen molar-refractivity contribution in [3.05, 3.63) is 28.2 Å². The quantitative estimate of drug-likeness (QED) is 0.724. The zero-order chi connectivity index (χ0) is 14.3. The molecule has 0 heterocycles. The highest BCUT2D eigenvalue weighted by Gasteiger charge is 2.14. The first-order valence-electron chi connectivity index (χ1n) is 6.08. The van der Waals surface area contributed by atoms with E-state index >= 15 is 0 Å². The van der Waals surface area contributed by atoms with Crippen LogP contribution in [0.4, 0.5) is 0 Å². The molecule has 1 aromatic carbocycles. The number of hydrogen-bond acceptors (Lipinski definition) is 3. The van der Waals surface area contributed by atoms with Crippen LogP contribution in [0.25, 0.3) is 0 Å². The van der Waals surface area contributed by atoms with Crippen molar-refractivity contribution in [2.45, 2.75) is 25.8 Å². The second-order valence-electron chi connectivity index (χ2n) is 4.06. The number of hydrogen-bond donors (Lipinski definition) is 2. The van der Waals surface area contributed by atoms with Crippen LogP contribution in [0.1, 0.15) is 19.8 Å². The van der Waals surface area contributed by atoms with Crippen LogP contribution in [0.5, 0.6) is 5.75 Å². The van der Waals surface area contributed by atoms with Crippen molar-refractivity contribution >= 4 is 29.2 Å². The second-order valence-corrected chi connectivity index (χ2v) is 4.90. The van der Waals surface area contributed by atoms with E-state index in [0.29, 0.717) is 35.4 Å². The van der Waals surface area contributed by atoms with Gasteiger partial charge in [0.25, 0.3) is 0 Å². The molecule has 1 atom stereocenters. The second kappa shape index (κ2) is 8.25. The Morgan fingerprint density at radius 3 is 2.84 bits per heavy atom. The SMILES string of the molecule is CCCC(NCCOc1cc(Cl)ccc1Cl)C(=O)O. The first-order valence-corrected chi connectivity index (χ1v) is 6.84. The van der Waals surface area contributed by atoms with E-state index < -0.39 is 12.0 Å². The molecule has 0 fully saturated rings. The molecule has 0 aliphatic rings. The van der Waals surface area contributed by atoms with E-state index in [1.54, 1.807) is 18.2 Å². The summed E-state index contributed by atoms with van der Waals surface area (Å²) in [6.45, 7) is 2.70. The largest absolute Gasteiger partial charge is 0.491 e. The third kappa shape index (κ3) is 5.68. The van der Waals surface area contributed by atoms with E-state index in [4.69, 9.17) is 33.0 Å². The summed E-state index contributed by atoms with van der Waals surface area (Å²) < 4.78 is 5.45. The Morgan fingerprint density at radius 1 is 1.47 bits per heavy atom. The first-order chi connectivity index (χ1) is 9.04. The van der Waals surface area contributed by atoms with E-state index in [1.807, 2.05) is 6.92 Å². The van der Waals surface area contributed by atoms with E-state index in [1.165, 1.54) is 0 Å². The number of halogens is 2. The molecule has 0 radical (unpaired) electrons. The van der Waals surface area contributed by atoms with Crippen molar-refractivity contribution in [2.24, 2.45) is 0 Å². The molecular weight excluding hydrogens is 289 g/mol. The molecule has 0 aromatic heterocycles. The zero-order valence-electron chi connectivity index (χ0n) is 10.7. The number of carboxylic acid groups (broad SMARTS) is 1. The third-order valence-electron chi connectivity index (χ3n) is 2.52. The molecule has 0 saturated heterocycles. The average Bonchev–Trinajstić information content (AvgIpc) is 2.36.